The Morgan fingerprint density at radius 3 is 2.12 bits per heavy atom. The van der Waals surface area contributed by atoms with Gasteiger partial charge in [-0.05, 0) is 41.8 Å². The highest BCUT2D eigenvalue weighted by molar-refractivity contribution is 7.99. The van der Waals surface area contributed by atoms with Crippen molar-refractivity contribution in [1.82, 2.24) is 4.57 Å². The number of para-hydroxylation sites is 3. The van der Waals surface area contributed by atoms with Crippen LogP contribution >= 0.6 is 11.8 Å². The van der Waals surface area contributed by atoms with Crippen molar-refractivity contribution >= 4 is 39.9 Å². The van der Waals surface area contributed by atoms with E-state index in [-0.39, 0.29) is 5.91 Å². The minimum absolute atomic E-state index is 0.0616. The highest BCUT2D eigenvalue weighted by atomic mass is 32.2. The van der Waals surface area contributed by atoms with Crippen molar-refractivity contribution in [3.8, 4) is 0 Å². The van der Waals surface area contributed by atoms with Crippen molar-refractivity contribution in [3.05, 3.63) is 85.1 Å². The van der Waals surface area contributed by atoms with Crippen LogP contribution in [0.2, 0.25) is 0 Å². The van der Waals surface area contributed by atoms with Gasteiger partial charge in [0.1, 0.15) is 6.54 Å². The Morgan fingerprint density at radius 2 is 1.38 bits per heavy atom. The quantitative estimate of drug-likeness (QED) is 0.476. The molecule has 3 aromatic carbocycles. The molecule has 0 saturated heterocycles. The van der Waals surface area contributed by atoms with Gasteiger partial charge >= 0.3 is 0 Å². The molecule has 0 N–H and O–H groups in total. The number of rotatable bonds is 2. The first kappa shape index (κ1) is 15.3. The minimum atomic E-state index is 0.0616. The van der Waals surface area contributed by atoms with Gasteiger partial charge in [-0.25, -0.2) is 0 Å². The Morgan fingerprint density at radius 1 is 0.769 bits per heavy atom. The van der Waals surface area contributed by atoms with Gasteiger partial charge in [-0.15, -0.1) is 0 Å². The fourth-order valence-electron chi connectivity index (χ4n) is 3.47. The van der Waals surface area contributed by atoms with Crippen molar-refractivity contribution in [1.29, 1.82) is 0 Å². The van der Waals surface area contributed by atoms with E-state index < -0.39 is 0 Å². The smallest absolute Gasteiger partial charge is 0.251 e. The van der Waals surface area contributed by atoms with E-state index in [1.54, 1.807) is 11.8 Å². The van der Waals surface area contributed by atoms with Crippen molar-refractivity contribution in [3.63, 3.8) is 0 Å². The van der Waals surface area contributed by atoms with Crippen molar-refractivity contribution in [2.24, 2.45) is 0 Å². The molecule has 126 valence electrons. The van der Waals surface area contributed by atoms with E-state index in [0.717, 1.165) is 32.1 Å². The Labute approximate surface area is 155 Å². The number of fused-ring (bicyclic) bond motifs is 3. The summed E-state index contributed by atoms with van der Waals surface area (Å²) in [6, 6.07) is 26.4. The zero-order valence-corrected chi connectivity index (χ0v) is 14.8. The summed E-state index contributed by atoms with van der Waals surface area (Å²) < 4.78 is 2.02. The summed E-state index contributed by atoms with van der Waals surface area (Å²) in [5, 5.41) is 1.15. The number of carbonyl (C=O) groups excluding carboxylic acids is 1. The van der Waals surface area contributed by atoms with Crippen LogP contribution in [0.3, 0.4) is 0 Å². The van der Waals surface area contributed by atoms with E-state index >= 15 is 0 Å². The van der Waals surface area contributed by atoms with Crippen LogP contribution in [-0.2, 0) is 11.3 Å². The second-order valence-corrected chi connectivity index (χ2v) is 7.35. The average Bonchev–Trinajstić information content (AvgIpc) is 3.09. The predicted molar refractivity (Wildman–Crippen MR) is 106 cm³/mol. The number of amides is 1. The highest BCUT2D eigenvalue weighted by Crippen LogP contribution is 2.47. The zero-order chi connectivity index (χ0) is 17.5. The molecule has 0 spiro atoms. The van der Waals surface area contributed by atoms with Crippen molar-refractivity contribution < 1.29 is 4.79 Å². The fourth-order valence-corrected chi connectivity index (χ4v) is 4.53. The van der Waals surface area contributed by atoms with Crippen LogP contribution in [0.4, 0.5) is 11.4 Å². The third kappa shape index (κ3) is 2.42. The minimum Gasteiger partial charge on any atom is -0.338 e. The van der Waals surface area contributed by atoms with Gasteiger partial charge in [0.25, 0.3) is 5.91 Å². The molecule has 1 aromatic heterocycles. The summed E-state index contributed by atoms with van der Waals surface area (Å²) in [6.45, 7) is 0.306. The van der Waals surface area contributed by atoms with Crippen molar-refractivity contribution in [2.45, 2.75) is 16.3 Å². The first-order valence-corrected chi connectivity index (χ1v) is 9.36. The second kappa shape index (κ2) is 6.07. The van der Waals surface area contributed by atoms with E-state index in [1.807, 2.05) is 64.2 Å². The maximum atomic E-state index is 13.3. The summed E-state index contributed by atoms with van der Waals surface area (Å²) in [6.07, 6.45) is 1.99. The molecule has 1 amide bonds. The fraction of sp³-hybridized carbons (Fsp3) is 0.0455. The lowest BCUT2D eigenvalue weighted by atomic mass is 10.2. The lowest BCUT2D eigenvalue weighted by Crippen LogP contribution is -2.31. The maximum Gasteiger partial charge on any atom is 0.251 e. The Hall–Kier alpha value is -2.98. The standard InChI is InChI=1S/C22H16N2OS/c25-22(15-23-14-13-16-7-1-2-8-17(16)23)24-18-9-3-5-11-20(18)26-21-12-6-4-10-19(21)24/h1-14H,15H2. The molecule has 4 aromatic rings. The van der Waals surface area contributed by atoms with Crippen LogP contribution in [0.15, 0.2) is 94.9 Å². The summed E-state index contributed by atoms with van der Waals surface area (Å²) in [4.78, 5) is 17.4. The van der Waals surface area contributed by atoms with E-state index in [2.05, 4.69) is 30.3 Å². The Bertz CT molecular complexity index is 1090. The third-order valence-corrected chi connectivity index (χ3v) is 5.80. The summed E-state index contributed by atoms with van der Waals surface area (Å²) in [5.74, 6) is 0.0616. The van der Waals surface area contributed by atoms with Gasteiger partial charge < -0.3 is 4.57 Å². The van der Waals surface area contributed by atoms with E-state index in [0.29, 0.717) is 6.54 Å². The molecule has 0 unspecified atom stereocenters. The van der Waals surface area contributed by atoms with Crippen LogP contribution in [-0.4, -0.2) is 10.5 Å². The van der Waals surface area contributed by atoms with Gasteiger partial charge in [0.15, 0.2) is 0 Å². The van der Waals surface area contributed by atoms with Gasteiger partial charge in [0.2, 0.25) is 0 Å². The van der Waals surface area contributed by atoms with Crippen LogP contribution in [0, 0.1) is 0 Å². The SMILES string of the molecule is O=C(Cn1ccc2ccccc21)N1c2ccccc2Sc2ccccc21. The number of aromatic nitrogens is 1. The molecule has 26 heavy (non-hydrogen) atoms. The van der Waals surface area contributed by atoms with E-state index in [1.165, 1.54) is 0 Å². The van der Waals surface area contributed by atoms with Gasteiger partial charge in [-0.2, -0.15) is 0 Å². The van der Waals surface area contributed by atoms with Gasteiger partial charge in [0.05, 0.1) is 11.4 Å². The van der Waals surface area contributed by atoms with Crippen molar-refractivity contribution in [2.75, 3.05) is 4.90 Å². The lowest BCUT2D eigenvalue weighted by molar-refractivity contribution is -0.118. The summed E-state index contributed by atoms with van der Waals surface area (Å²) in [5.41, 5.74) is 2.99. The summed E-state index contributed by atoms with van der Waals surface area (Å²) >= 11 is 1.71. The number of nitrogens with zero attached hydrogens (tertiary/aromatic N) is 2. The van der Waals surface area contributed by atoms with Crippen LogP contribution < -0.4 is 4.90 Å². The molecule has 5 rings (SSSR count). The topological polar surface area (TPSA) is 25.2 Å². The Kier molecular flexibility index (Phi) is 3.57. The monoisotopic (exact) mass is 356 g/mol. The number of hydrogen-bond acceptors (Lipinski definition) is 2. The second-order valence-electron chi connectivity index (χ2n) is 6.27. The molecule has 2 heterocycles. The van der Waals surface area contributed by atoms with Gasteiger partial charge in [-0.1, -0.05) is 54.2 Å². The van der Waals surface area contributed by atoms with Gasteiger partial charge in [-0.3, -0.25) is 9.69 Å². The molecule has 0 fully saturated rings. The maximum absolute atomic E-state index is 13.3. The number of hydrogen-bond donors (Lipinski definition) is 0. The van der Waals surface area contributed by atoms with Crippen LogP contribution in [0.1, 0.15) is 0 Å². The average molecular weight is 356 g/mol. The molecule has 1 aliphatic heterocycles. The molecule has 0 radical (unpaired) electrons. The summed E-state index contributed by atoms with van der Waals surface area (Å²) in [7, 11) is 0. The Balaban J connectivity index is 1.58. The molecule has 0 atom stereocenters. The van der Waals surface area contributed by atoms with Gasteiger partial charge in [0, 0.05) is 21.5 Å². The van der Waals surface area contributed by atoms with E-state index in [4.69, 9.17) is 0 Å². The first-order valence-electron chi connectivity index (χ1n) is 8.54. The zero-order valence-electron chi connectivity index (χ0n) is 14.0. The predicted octanol–water partition coefficient (Wildman–Crippen LogP) is 5.47. The van der Waals surface area contributed by atoms with E-state index in [9.17, 15) is 4.79 Å². The molecule has 0 bridgehead atoms. The number of benzene rings is 3. The molecular weight excluding hydrogens is 340 g/mol. The molecule has 1 aliphatic rings. The first-order chi connectivity index (χ1) is 12.8. The third-order valence-electron chi connectivity index (χ3n) is 4.67. The highest BCUT2D eigenvalue weighted by Gasteiger charge is 2.27. The van der Waals surface area contributed by atoms with Crippen LogP contribution in [0.25, 0.3) is 10.9 Å². The number of carbonyl (C=O) groups is 1. The molecular formula is C22H16N2OS. The molecule has 0 aliphatic carbocycles. The number of anilines is 2. The largest absolute Gasteiger partial charge is 0.338 e. The normalized spacial score (nSPS) is 12.7. The molecule has 4 heteroatoms. The van der Waals surface area contributed by atoms with Crippen LogP contribution in [0.5, 0.6) is 0 Å². The molecule has 3 nitrogen and oxygen atoms in total. The molecule has 0 saturated carbocycles. The lowest BCUT2D eigenvalue weighted by Gasteiger charge is -2.31.